The first kappa shape index (κ1) is 13.5. The van der Waals surface area contributed by atoms with Gasteiger partial charge in [-0.25, -0.2) is 8.78 Å². The third-order valence-corrected chi connectivity index (χ3v) is 4.12. The van der Waals surface area contributed by atoms with Crippen LogP contribution in [0, 0.1) is 11.6 Å². The van der Waals surface area contributed by atoms with E-state index in [2.05, 4.69) is 11.9 Å². The molecular weight excluding hydrogens is 264 g/mol. The molecule has 1 aromatic carbocycles. The predicted molar refractivity (Wildman–Crippen MR) is 71.7 cm³/mol. The highest BCUT2D eigenvalue weighted by molar-refractivity contribution is 5.68. The van der Waals surface area contributed by atoms with Crippen LogP contribution >= 0.6 is 0 Å². The van der Waals surface area contributed by atoms with E-state index in [1.807, 2.05) is 6.08 Å². The Kier molecular flexibility index (Phi) is 3.48. The first-order valence-electron chi connectivity index (χ1n) is 6.64. The van der Waals surface area contributed by atoms with Gasteiger partial charge in [0.05, 0.1) is 26.4 Å². The highest BCUT2D eigenvalue weighted by Gasteiger charge is 2.32. The minimum absolute atomic E-state index is 0.172. The molecule has 1 saturated heterocycles. The molecule has 108 valence electrons. The summed E-state index contributed by atoms with van der Waals surface area (Å²) >= 11 is 0. The summed E-state index contributed by atoms with van der Waals surface area (Å²) in [7, 11) is 3.32. The van der Waals surface area contributed by atoms with Gasteiger partial charge in [-0.05, 0) is 36.7 Å². The molecule has 0 aromatic heterocycles. The maximum atomic E-state index is 13.8. The maximum absolute atomic E-state index is 13.8. The second kappa shape index (κ2) is 5.14. The van der Waals surface area contributed by atoms with Crippen molar-refractivity contribution >= 4 is 5.57 Å². The minimum Gasteiger partial charge on any atom is -0.491 e. The van der Waals surface area contributed by atoms with Crippen molar-refractivity contribution in [1.82, 2.24) is 4.90 Å². The van der Waals surface area contributed by atoms with E-state index in [1.54, 1.807) is 0 Å². The third-order valence-electron chi connectivity index (χ3n) is 4.12. The number of morpholine rings is 1. The largest absolute Gasteiger partial charge is 0.491 e. The molecule has 2 heterocycles. The Balaban J connectivity index is 1.98. The summed E-state index contributed by atoms with van der Waals surface area (Å²) in [6.07, 6.45) is 2.77. The number of likely N-dealkylation sites (N-methyl/N-ethyl adjacent to an activating group) is 1. The van der Waals surface area contributed by atoms with Crippen molar-refractivity contribution in [1.29, 1.82) is 0 Å². The van der Waals surface area contributed by atoms with Crippen LogP contribution in [0.2, 0.25) is 0 Å². The molecule has 0 radical (unpaired) electrons. The van der Waals surface area contributed by atoms with E-state index in [1.165, 1.54) is 19.2 Å². The molecule has 0 amide bonds. The molecule has 20 heavy (non-hydrogen) atoms. The zero-order valence-electron chi connectivity index (χ0n) is 11.5. The van der Waals surface area contributed by atoms with Crippen LogP contribution in [0.5, 0.6) is 5.75 Å². The summed E-state index contributed by atoms with van der Waals surface area (Å²) in [6, 6.07) is 3.12. The lowest BCUT2D eigenvalue weighted by atomic mass is 9.90. The van der Waals surface area contributed by atoms with Gasteiger partial charge >= 0.3 is 0 Å². The molecule has 0 spiro atoms. The Morgan fingerprint density at radius 2 is 1.95 bits per heavy atom. The first-order valence-corrected chi connectivity index (χ1v) is 6.64. The Bertz CT molecular complexity index is 536. The normalized spacial score (nSPS) is 26.3. The van der Waals surface area contributed by atoms with Gasteiger partial charge in [-0.1, -0.05) is 6.08 Å². The van der Waals surface area contributed by atoms with Gasteiger partial charge in [0, 0.05) is 6.04 Å². The molecule has 1 aromatic rings. The van der Waals surface area contributed by atoms with Crippen LogP contribution in [0.1, 0.15) is 12.0 Å². The average Bonchev–Trinajstić information content (AvgIpc) is 2.37. The molecule has 0 N–H and O–H groups in total. The number of rotatable bonds is 2. The summed E-state index contributed by atoms with van der Waals surface area (Å²) in [5, 5.41) is 0. The fourth-order valence-electron chi connectivity index (χ4n) is 2.91. The Hall–Kier alpha value is -1.46. The number of fused-ring (bicyclic) bond motifs is 2. The molecule has 2 aliphatic rings. The minimum atomic E-state index is -0.663. The van der Waals surface area contributed by atoms with Crippen LogP contribution in [0.25, 0.3) is 5.57 Å². The lowest BCUT2D eigenvalue weighted by molar-refractivity contribution is -0.0221. The molecule has 3 nitrogen and oxygen atoms in total. The fraction of sp³-hybridized carbons (Fsp3) is 0.467. The van der Waals surface area contributed by atoms with E-state index < -0.39 is 11.6 Å². The van der Waals surface area contributed by atoms with Crippen LogP contribution in [-0.4, -0.2) is 44.4 Å². The summed E-state index contributed by atoms with van der Waals surface area (Å²) in [4.78, 5) is 2.25. The standard InChI is InChI=1S/C15H17F2NO2/c1-18-11-3-9(4-12(18)8-20-7-11)10-5-13(16)15(19-2)14(17)6-10/h3,5-6,11-12H,4,7-8H2,1-2H3. The maximum Gasteiger partial charge on any atom is 0.190 e. The van der Waals surface area contributed by atoms with Gasteiger partial charge < -0.3 is 9.47 Å². The van der Waals surface area contributed by atoms with E-state index in [4.69, 9.17) is 9.47 Å². The van der Waals surface area contributed by atoms with Crippen LogP contribution in [0.3, 0.4) is 0 Å². The Morgan fingerprint density at radius 3 is 2.55 bits per heavy atom. The highest BCUT2D eigenvalue weighted by Crippen LogP contribution is 2.34. The van der Waals surface area contributed by atoms with Crippen molar-refractivity contribution < 1.29 is 18.3 Å². The van der Waals surface area contributed by atoms with Gasteiger partial charge in [-0.3, -0.25) is 4.90 Å². The van der Waals surface area contributed by atoms with Crippen molar-refractivity contribution in [3.63, 3.8) is 0 Å². The van der Waals surface area contributed by atoms with E-state index in [9.17, 15) is 8.78 Å². The number of ether oxygens (including phenoxy) is 2. The second-order valence-corrected chi connectivity index (χ2v) is 5.29. The molecule has 2 unspecified atom stereocenters. The van der Waals surface area contributed by atoms with Gasteiger partial charge in [0.2, 0.25) is 0 Å². The van der Waals surface area contributed by atoms with Gasteiger partial charge in [0.1, 0.15) is 0 Å². The summed E-state index contributed by atoms with van der Waals surface area (Å²) in [5.41, 5.74) is 1.56. The molecule has 0 saturated carbocycles. The first-order chi connectivity index (χ1) is 9.60. The Labute approximate surface area is 116 Å². The van der Waals surface area contributed by atoms with E-state index in [-0.39, 0.29) is 17.8 Å². The van der Waals surface area contributed by atoms with Crippen LogP contribution in [0.15, 0.2) is 18.2 Å². The number of nitrogens with zero attached hydrogens (tertiary/aromatic N) is 1. The van der Waals surface area contributed by atoms with Crippen LogP contribution < -0.4 is 4.74 Å². The fourth-order valence-corrected chi connectivity index (χ4v) is 2.91. The van der Waals surface area contributed by atoms with Crippen molar-refractivity contribution in [3.05, 3.63) is 35.4 Å². The van der Waals surface area contributed by atoms with Crippen molar-refractivity contribution in [2.45, 2.75) is 18.5 Å². The van der Waals surface area contributed by atoms with Gasteiger partial charge in [0.25, 0.3) is 0 Å². The predicted octanol–water partition coefficient (Wildman–Crippen LogP) is 2.46. The SMILES string of the molecule is COc1c(F)cc(C2=CC3COCC(C2)N3C)cc1F. The van der Waals surface area contributed by atoms with E-state index in [0.29, 0.717) is 18.8 Å². The molecule has 3 rings (SSSR count). The molecule has 1 fully saturated rings. The molecule has 2 bridgehead atoms. The highest BCUT2D eigenvalue weighted by atomic mass is 19.1. The number of halogens is 2. The average molecular weight is 281 g/mol. The monoisotopic (exact) mass is 281 g/mol. The van der Waals surface area contributed by atoms with Crippen molar-refractivity contribution in [2.75, 3.05) is 27.4 Å². The number of hydrogen-bond donors (Lipinski definition) is 0. The van der Waals surface area contributed by atoms with Crippen LogP contribution in [-0.2, 0) is 4.74 Å². The lowest BCUT2D eigenvalue weighted by Crippen LogP contribution is -2.51. The topological polar surface area (TPSA) is 21.7 Å². The van der Waals surface area contributed by atoms with Crippen molar-refractivity contribution in [3.8, 4) is 5.75 Å². The van der Waals surface area contributed by atoms with Gasteiger partial charge in [0.15, 0.2) is 17.4 Å². The van der Waals surface area contributed by atoms with E-state index in [0.717, 1.165) is 12.0 Å². The third kappa shape index (κ3) is 2.21. The second-order valence-electron chi connectivity index (χ2n) is 5.29. The van der Waals surface area contributed by atoms with Gasteiger partial charge in [-0.2, -0.15) is 0 Å². The zero-order valence-corrected chi connectivity index (χ0v) is 11.5. The smallest absolute Gasteiger partial charge is 0.190 e. The van der Waals surface area contributed by atoms with Gasteiger partial charge in [-0.15, -0.1) is 0 Å². The number of benzene rings is 1. The summed E-state index contributed by atoms with van der Waals surface area (Å²) < 4.78 is 37.8. The van der Waals surface area contributed by atoms with E-state index >= 15 is 0 Å². The summed E-state index contributed by atoms with van der Waals surface area (Å²) in [5.74, 6) is -1.65. The Morgan fingerprint density at radius 1 is 1.25 bits per heavy atom. The number of methoxy groups -OCH3 is 1. The molecular formula is C15H17F2NO2. The summed E-state index contributed by atoms with van der Waals surface area (Å²) in [6.45, 7) is 1.28. The van der Waals surface area contributed by atoms with Crippen molar-refractivity contribution in [2.24, 2.45) is 0 Å². The zero-order chi connectivity index (χ0) is 14.3. The number of hydrogen-bond acceptors (Lipinski definition) is 3. The molecule has 0 aliphatic carbocycles. The molecule has 2 atom stereocenters. The molecule has 2 aliphatic heterocycles. The lowest BCUT2D eigenvalue weighted by Gasteiger charge is -2.42. The molecule has 5 heteroatoms. The van der Waals surface area contributed by atoms with Crippen LogP contribution in [0.4, 0.5) is 8.78 Å². The quantitative estimate of drug-likeness (QED) is 0.831.